The molecule has 1 rings (SSSR count). The van der Waals surface area contributed by atoms with Crippen LogP contribution in [0.2, 0.25) is 0 Å². The molecule has 11 heteroatoms. The number of halogens is 6. The zero-order chi connectivity index (χ0) is 18.9. The van der Waals surface area contributed by atoms with E-state index in [2.05, 4.69) is 4.74 Å². The monoisotopic (exact) mass is 362 g/mol. The van der Waals surface area contributed by atoms with Crippen molar-refractivity contribution in [3.05, 3.63) is 0 Å². The van der Waals surface area contributed by atoms with Crippen molar-refractivity contribution in [2.24, 2.45) is 17.8 Å². The lowest BCUT2D eigenvalue weighted by Crippen LogP contribution is -2.49. The van der Waals surface area contributed by atoms with Crippen LogP contribution in [-0.4, -0.2) is 42.3 Å². The van der Waals surface area contributed by atoms with Crippen molar-refractivity contribution >= 4 is 23.3 Å². The molecule has 2 unspecified atom stereocenters. The average Bonchev–Trinajstić information content (AvgIpc) is 2.44. The lowest BCUT2D eigenvalue weighted by atomic mass is 9.71. The van der Waals surface area contributed by atoms with E-state index in [1.807, 2.05) is 0 Å². The molecule has 24 heavy (non-hydrogen) atoms. The molecule has 0 spiro atoms. The molecule has 136 valence electrons. The zero-order valence-electron chi connectivity index (χ0n) is 12.2. The van der Waals surface area contributed by atoms with Gasteiger partial charge >= 0.3 is 18.3 Å². The maximum Gasteiger partial charge on any atom is 0.450 e. The Labute approximate surface area is 131 Å². The van der Waals surface area contributed by atoms with Crippen molar-refractivity contribution < 1.29 is 50.3 Å². The summed E-state index contributed by atoms with van der Waals surface area (Å²) in [6.45, 7) is 1.14. The first kappa shape index (κ1) is 20.1. The highest BCUT2D eigenvalue weighted by molar-refractivity contribution is 6.14. The van der Waals surface area contributed by atoms with Gasteiger partial charge in [-0.2, -0.15) is 26.3 Å². The summed E-state index contributed by atoms with van der Waals surface area (Å²) in [6, 6.07) is 0. The van der Waals surface area contributed by atoms with E-state index in [1.54, 1.807) is 0 Å². The van der Waals surface area contributed by atoms with Crippen LogP contribution in [0.15, 0.2) is 0 Å². The second kappa shape index (κ2) is 6.89. The Balaban J connectivity index is 3.20. The zero-order valence-corrected chi connectivity index (χ0v) is 12.2. The summed E-state index contributed by atoms with van der Waals surface area (Å²) in [6.07, 6.45) is -12.9. The number of ketones is 3. The molecular weight excluding hydrogens is 350 g/mol. The minimum absolute atomic E-state index is 0.209. The van der Waals surface area contributed by atoms with Crippen molar-refractivity contribution in [1.82, 2.24) is 0 Å². The summed E-state index contributed by atoms with van der Waals surface area (Å²) in [5, 5.41) is 0. The van der Waals surface area contributed by atoms with Crippen LogP contribution in [0.5, 0.6) is 0 Å². The van der Waals surface area contributed by atoms with E-state index >= 15 is 0 Å². The van der Waals surface area contributed by atoms with Gasteiger partial charge in [-0.05, 0) is 19.8 Å². The molecule has 0 bridgehead atoms. The van der Waals surface area contributed by atoms with Crippen LogP contribution >= 0.6 is 0 Å². The molecule has 0 heterocycles. The van der Waals surface area contributed by atoms with E-state index in [0.717, 1.165) is 0 Å². The van der Waals surface area contributed by atoms with Crippen LogP contribution in [0.1, 0.15) is 19.8 Å². The van der Waals surface area contributed by atoms with Crippen LogP contribution in [-0.2, 0) is 23.9 Å². The Morgan fingerprint density at radius 1 is 0.958 bits per heavy atom. The number of carbonyl (C=O) groups is 4. The van der Waals surface area contributed by atoms with E-state index in [9.17, 15) is 45.5 Å². The van der Waals surface area contributed by atoms with Crippen molar-refractivity contribution in [2.75, 3.05) is 6.61 Å². The van der Waals surface area contributed by atoms with Gasteiger partial charge in [-0.15, -0.1) is 0 Å². The molecule has 0 N–H and O–H groups in total. The highest BCUT2D eigenvalue weighted by Crippen LogP contribution is 2.38. The van der Waals surface area contributed by atoms with Gasteiger partial charge in [-0.1, -0.05) is 0 Å². The first-order valence-electron chi connectivity index (χ1n) is 6.73. The Hall–Kier alpha value is -1.94. The number of ether oxygens (including phenoxy) is 1. The number of rotatable bonds is 4. The lowest BCUT2D eigenvalue weighted by Gasteiger charge is -2.31. The largest absolute Gasteiger partial charge is 0.466 e. The molecular formula is C13H12F6O5. The predicted octanol–water partition coefficient (Wildman–Crippen LogP) is 2.02. The first-order valence-corrected chi connectivity index (χ1v) is 6.73. The van der Waals surface area contributed by atoms with Gasteiger partial charge in [-0.3, -0.25) is 19.2 Å². The quantitative estimate of drug-likeness (QED) is 0.434. The number of esters is 1. The third kappa shape index (κ3) is 4.32. The molecule has 1 aliphatic rings. The average molecular weight is 362 g/mol. The number of Topliss-reactive ketones (excluding diaryl/α,β-unsaturated/α-hetero) is 3. The highest BCUT2D eigenvalue weighted by atomic mass is 19.4. The van der Waals surface area contributed by atoms with Gasteiger partial charge in [0, 0.05) is 0 Å². The van der Waals surface area contributed by atoms with Crippen LogP contribution in [0.25, 0.3) is 0 Å². The van der Waals surface area contributed by atoms with Crippen LogP contribution < -0.4 is 0 Å². The minimum Gasteiger partial charge on any atom is -0.466 e. The Morgan fingerprint density at radius 2 is 1.33 bits per heavy atom. The van der Waals surface area contributed by atoms with Crippen LogP contribution in [0, 0.1) is 17.8 Å². The third-order valence-corrected chi connectivity index (χ3v) is 3.54. The molecule has 0 aromatic heterocycles. The predicted molar refractivity (Wildman–Crippen MR) is 63.5 cm³/mol. The molecule has 5 nitrogen and oxygen atoms in total. The second-order valence-corrected chi connectivity index (χ2v) is 5.15. The smallest absolute Gasteiger partial charge is 0.450 e. The molecule has 0 aromatic rings. The second-order valence-electron chi connectivity index (χ2n) is 5.15. The van der Waals surface area contributed by atoms with Gasteiger partial charge in [0.2, 0.25) is 11.6 Å². The number of hydrogen-bond acceptors (Lipinski definition) is 5. The fraction of sp³-hybridized carbons (Fsp3) is 0.692. The number of hydrogen-bond donors (Lipinski definition) is 0. The molecule has 1 fully saturated rings. The van der Waals surface area contributed by atoms with Crippen molar-refractivity contribution in [2.45, 2.75) is 32.1 Å². The van der Waals surface area contributed by atoms with Crippen LogP contribution in [0.4, 0.5) is 26.3 Å². The van der Waals surface area contributed by atoms with Crippen molar-refractivity contribution in [3.8, 4) is 0 Å². The van der Waals surface area contributed by atoms with Crippen molar-refractivity contribution in [1.29, 1.82) is 0 Å². The van der Waals surface area contributed by atoms with Gasteiger partial charge < -0.3 is 4.74 Å². The van der Waals surface area contributed by atoms with Gasteiger partial charge in [0.05, 0.1) is 24.4 Å². The highest BCUT2D eigenvalue weighted by Gasteiger charge is 2.56. The fourth-order valence-corrected chi connectivity index (χ4v) is 2.46. The van der Waals surface area contributed by atoms with Gasteiger partial charge in [0.25, 0.3) is 0 Å². The molecule has 1 aliphatic carbocycles. The summed E-state index contributed by atoms with van der Waals surface area (Å²) >= 11 is 0. The maximum absolute atomic E-state index is 12.5. The van der Waals surface area contributed by atoms with E-state index in [-0.39, 0.29) is 6.61 Å². The minimum atomic E-state index is -5.48. The van der Waals surface area contributed by atoms with E-state index in [1.165, 1.54) is 6.92 Å². The lowest BCUT2D eigenvalue weighted by molar-refractivity contribution is -0.185. The van der Waals surface area contributed by atoms with Crippen molar-refractivity contribution in [3.63, 3.8) is 0 Å². The van der Waals surface area contributed by atoms with E-state index in [4.69, 9.17) is 0 Å². The Bertz CT molecular complexity index is 512. The molecule has 0 saturated heterocycles. The summed E-state index contributed by atoms with van der Waals surface area (Å²) in [5.74, 6) is -14.8. The summed E-state index contributed by atoms with van der Waals surface area (Å²) in [4.78, 5) is 46.0. The Kier molecular flexibility index (Phi) is 5.78. The van der Waals surface area contributed by atoms with Gasteiger partial charge in [0.1, 0.15) is 0 Å². The molecule has 0 aromatic carbocycles. The standard InChI is InChI=1S/C13H12F6O5/c1-2-24-11(23)5-3-6(9(21)12(14,15)16)8(20)7(4-5)10(22)13(17,18)19/h5-7H,2-4H2,1H3. The molecule has 0 radical (unpaired) electrons. The molecule has 0 amide bonds. The number of carbonyl (C=O) groups excluding carboxylic acids is 4. The summed E-state index contributed by atoms with van der Waals surface area (Å²) in [7, 11) is 0. The summed E-state index contributed by atoms with van der Waals surface area (Å²) in [5.41, 5.74) is 0. The Morgan fingerprint density at radius 3 is 1.62 bits per heavy atom. The number of alkyl halides is 6. The van der Waals surface area contributed by atoms with Gasteiger partial charge in [-0.25, -0.2) is 0 Å². The van der Waals surface area contributed by atoms with Crippen LogP contribution in [0.3, 0.4) is 0 Å². The SMILES string of the molecule is CCOC(=O)C1CC(C(=O)C(F)(F)F)C(=O)C(C(=O)C(F)(F)F)C1. The topological polar surface area (TPSA) is 77.5 Å². The van der Waals surface area contributed by atoms with Gasteiger partial charge in [0.15, 0.2) is 5.78 Å². The third-order valence-electron chi connectivity index (χ3n) is 3.54. The molecule has 0 aliphatic heterocycles. The molecule has 2 atom stereocenters. The van der Waals surface area contributed by atoms with E-state index in [0.29, 0.717) is 0 Å². The first-order chi connectivity index (χ1) is 10.8. The van der Waals surface area contributed by atoms with E-state index < -0.39 is 66.3 Å². The fourth-order valence-electron chi connectivity index (χ4n) is 2.46. The normalized spacial score (nSPS) is 25.3. The molecule has 1 saturated carbocycles. The summed E-state index contributed by atoms with van der Waals surface area (Å²) < 4.78 is 79.6. The maximum atomic E-state index is 12.5.